The molecule has 6 fully saturated rings. The minimum Gasteiger partial charge on any atom is -0.469 e. The molecule has 9 rings (SSSR count). The number of aliphatic hydroxyl groups excluding tert-OH is 2. The zero-order chi connectivity index (χ0) is 44.6. The molecule has 8 nitrogen and oxygen atoms in total. The van der Waals surface area contributed by atoms with Gasteiger partial charge in [0.15, 0.2) is 5.78 Å². The van der Waals surface area contributed by atoms with E-state index in [-0.39, 0.29) is 52.0 Å². The van der Waals surface area contributed by atoms with Crippen LogP contribution >= 0.6 is 0 Å². The van der Waals surface area contributed by atoms with Crippen LogP contribution in [0.4, 0.5) is 5.69 Å². The number of methoxy groups -OCH3 is 1. The second kappa shape index (κ2) is 17.0. The lowest BCUT2D eigenvalue weighted by Crippen LogP contribution is -2.62. The number of hydrogen-bond acceptors (Lipinski definition) is 8. The van der Waals surface area contributed by atoms with Gasteiger partial charge in [0.25, 0.3) is 0 Å². The summed E-state index contributed by atoms with van der Waals surface area (Å²) in [5.74, 6) is 9.29. The van der Waals surface area contributed by atoms with Gasteiger partial charge < -0.3 is 29.7 Å². The Labute approximate surface area is 378 Å². The Kier molecular flexibility index (Phi) is 12.2. The second-order valence-electron chi connectivity index (χ2n) is 22.7. The molecule has 344 valence electrons. The van der Waals surface area contributed by atoms with Crippen molar-refractivity contribution < 1.29 is 34.4 Å². The molecule has 0 amide bonds. The van der Waals surface area contributed by atoms with Crippen LogP contribution in [0.1, 0.15) is 149 Å². The first-order chi connectivity index (χ1) is 30.1. The Morgan fingerprint density at radius 2 is 1.73 bits per heavy atom. The monoisotopic (exact) mass is 864 g/mol. The third-order valence-electron chi connectivity index (χ3n) is 20.3. The molecule has 3 N–H and O–H groups in total. The highest BCUT2D eigenvalue weighted by molar-refractivity contribution is 5.93. The fourth-order valence-corrected chi connectivity index (χ4v) is 16.7. The molecule has 1 aromatic rings. The molecule has 0 saturated heterocycles. The number of anilines is 1. The van der Waals surface area contributed by atoms with Crippen molar-refractivity contribution in [1.29, 1.82) is 0 Å². The van der Waals surface area contributed by atoms with Crippen LogP contribution in [0.2, 0.25) is 0 Å². The maximum absolute atomic E-state index is 12.5. The minimum atomic E-state index is -0.982. The molecule has 0 radical (unpaired) electrons. The number of aliphatic hydroxyl groups is 3. The molecular formula is C55H77NO7. The van der Waals surface area contributed by atoms with Crippen LogP contribution in [-0.2, 0) is 19.1 Å². The van der Waals surface area contributed by atoms with Crippen LogP contribution in [0, 0.1) is 75.4 Å². The number of carbonyl (C=O) groups is 2. The van der Waals surface area contributed by atoms with Crippen molar-refractivity contribution in [2.24, 2.45) is 63.6 Å². The van der Waals surface area contributed by atoms with Crippen LogP contribution in [0.3, 0.4) is 0 Å². The smallest absolute Gasteiger partial charge is 0.305 e. The third-order valence-corrected chi connectivity index (χ3v) is 20.3. The quantitative estimate of drug-likeness (QED) is 0.158. The summed E-state index contributed by atoms with van der Waals surface area (Å²) in [5.41, 5.74) is 5.24. The number of ether oxygens (including phenoxy) is 2. The van der Waals surface area contributed by atoms with E-state index in [1.165, 1.54) is 23.8 Å². The number of rotatable bonds is 10. The number of benzene rings is 1. The summed E-state index contributed by atoms with van der Waals surface area (Å²) in [4.78, 5) is 26.8. The Bertz CT molecular complexity index is 2050. The second-order valence-corrected chi connectivity index (χ2v) is 22.7. The van der Waals surface area contributed by atoms with Gasteiger partial charge in [-0.2, -0.15) is 0 Å². The van der Waals surface area contributed by atoms with E-state index in [9.17, 15) is 24.9 Å². The van der Waals surface area contributed by atoms with Crippen molar-refractivity contribution in [2.75, 3.05) is 32.2 Å². The summed E-state index contributed by atoms with van der Waals surface area (Å²) in [6.45, 7) is 12.6. The molecule has 0 heterocycles. The van der Waals surface area contributed by atoms with Crippen LogP contribution in [0.25, 0.3) is 0 Å². The van der Waals surface area contributed by atoms with Crippen molar-refractivity contribution in [3.63, 3.8) is 0 Å². The van der Waals surface area contributed by atoms with Gasteiger partial charge in [-0.15, -0.1) is 5.92 Å². The summed E-state index contributed by atoms with van der Waals surface area (Å²) in [7, 11) is 3.60. The molecule has 8 heteroatoms. The molecule has 3 unspecified atom stereocenters. The van der Waals surface area contributed by atoms with E-state index < -0.39 is 11.7 Å². The van der Waals surface area contributed by atoms with Gasteiger partial charge >= 0.3 is 5.97 Å². The molecule has 16 atom stereocenters. The Hall–Kier alpha value is -2.96. The van der Waals surface area contributed by atoms with Crippen molar-refractivity contribution in [3.05, 3.63) is 52.6 Å². The lowest BCUT2D eigenvalue weighted by atomic mass is 9.43. The van der Waals surface area contributed by atoms with E-state index in [2.05, 4.69) is 75.7 Å². The van der Waals surface area contributed by atoms with Crippen molar-refractivity contribution in [2.45, 2.75) is 167 Å². The van der Waals surface area contributed by atoms with E-state index >= 15 is 0 Å². The predicted molar refractivity (Wildman–Crippen MR) is 247 cm³/mol. The van der Waals surface area contributed by atoms with Crippen LogP contribution in [-0.4, -0.2) is 78.3 Å². The first-order valence-electron chi connectivity index (χ1n) is 25.0. The lowest BCUT2D eigenvalue weighted by Gasteiger charge is -2.63. The SMILES string of the molecule is CC#C[C@]1(O)CCC2C3CCC4=CC(=O)CCC4=C3[C@@H](c3ccc(N(C)CCO[C@H]4CC[C@@]5(C)[C@@H](C4)C[C@@H](O)[C@@H]4[C@@H]5C[C@H](O)[C@]5(C)C([C@H](C)CCC(=O)OC)CC[C@@H]45)cc3)C[C@@]21C. The van der Waals surface area contributed by atoms with Crippen LogP contribution in [0.15, 0.2) is 47.1 Å². The number of nitrogens with zero attached hydrogens (tertiary/aromatic N) is 1. The molecule has 63 heavy (non-hydrogen) atoms. The first kappa shape index (κ1) is 45.2. The third kappa shape index (κ3) is 7.41. The highest BCUT2D eigenvalue weighted by atomic mass is 16.5. The highest BCUT2D eigenvalue weighted by Crippen LogP contribution is 2.69. The summed E-state index contributed by atoms with van der Waals surface area (Å²) in [6.07, 6.45) is 15.3. The zero-order valence-corrected chi connectivity index (χ0v) is 39.5. The zero-order valence-electron chi connectivity index (χ0n) is 39.5. The van der Waals surface area contributed by atoms with Gasteiger partial charge in [0.05, 0.1) is 32.0 Å². The molecule has 0 aliphatic heterocycles. The van der Waals surface area contributed by atoms with E-state index in [4.69, 9.17) is 9.47 Å². The maximum atomic E-state index is 12.5. The molecule has 1 aromatic carbocycles. The van der Waals surface area contributed by atoms with E-state index in [0.29, 0.717) is 60.9 Å². The standard InChI is InChI=1S/C55H77NO7/c1-8-23-55(61)25-22-44-41-16-12-35-28-38(57)15-17-40(35)50(41)42(32-53(44,55)4)34-10-13-37(14-11-34)56(6)26-27-63-39-21-24-52(3)36(29-39)30-47(58)51-45-19-18-43(33(2)9-20-49(60)62-7)54(45,5)48(59)31-46(51)52/h10-11,13-14,28,33,36,39,41-48,51,58-59,61H,9,12,15-22,24-27,29-32H2,1-7H3/t33-,36+,39+,41?,42-,43?,44?,45+,46+,47-,48+,51+,52+,53+,54-,55+/m1/s1. The van der Waals surface area contributed by atoms with Crippen molar-refractivity contribution in [3.8, 4) is 11.8 Å². The maximum Gasteiger partial charge on any atom is 0.305 e. The molecule has 8 aliphatic carbocycles. The Morgan fingerprint density at radius 3 is 2.48 bits per heavy atom. The molecule has 0 aromatic heterocycles. The van der Waals surface area contributed by atoms with Gasteiger partial charge in [-0.3, -0.25) is 9.59 Å². The number of allylic oxidation sites excluding steroid dienone is 4. The summed E-state index contributed by atoms with van der Waals surface area (Å²) in [5, 5.41) is 36.1. The normalized spacial score (nSPS) is 43.2. The number of likely N-dealkylation sites (N-methyl/N-ethyl adjacent to an activating group) is 1. The summed E-state index contributed by atoms with van der Waals surface area (Å²) in [6, 6.07) is 9.13. The van der Waals surface area contributed by atoms with Gasteiger partial charge in [-0.25, -0.2) is 0 Å². The minimum absolute atomic E-state index is 0.0798. The van der Waals surface area contributed by atoms with Crippen molar-refractivity contribution in [1.82, 2.24) is 0 Å². The summed E-state index contributed by atoms with van der Waals surface area (Å²) >= 11 is 0. The predicted octanol–water partition coefficient (Wildman–Crippen LogP) is 9.35. The van der Waals surface area contributed by atoms with E-state index in [1.807, 2.05) is 13.0 Å². The first-order valence-corrected chi connectivity index (χ1v) is 25.0. The molecule has 6 saturated carbocycles. The van der Waals surface area contributed by atoms with E-state index in [1.54, 1.807) is 5.57 Å². The number of ketones is 1. The average Bonchev–Trinajstić information content (AvgIpc) is 3.76. The molecule has 0 spiro atoms. The highest BCUT2D eigenvalue weighted by Gasteiger charge is 2.66. The van der Waals surface area contributed by atoms with Crippen molar-refractivity contribution >= 4 is 17.4 Å². The number of fused-ring (bicyclic) bond motifs is 9. The Balaban J connectivity index is 0.837. The fraction of sp³-hybridized carbons (Fsp3) is 0.745. The van der Waals surface area contributed by atoms with Gasteiger partial charge in [0.1, 0.15) is 5.60 Å². The Morgan fingerprint density at radius 1 is 0.952 bits per heavy atom. The largest absolute Gasteiger partial charge is 0.469 e. The van der Waals surface area contributed by atoms with Crippen LogP contribution < -0.4 is 4.90 Å². The van der Waals surface area contributed by atoms with Crippen LogP contribution in [0.5, 0.6) is 0 Å². The fourth-order valence-electron chi connectivity index (χ4n) is 16.7. The van der Waals surface area contributed by atoms with Gasteiger partial charge in [-0.05, 0) is 190 Å². The summed E-state index contributed by atoms with van der Waals surface area (Å²) < 4.78 is 11.6. The van der Waals surface area contributed by atoms with Gasteiger partial charge in [0.2, 0.25) is 0 Å². The number of esters is 1. The number of carbonyl (C=O) groups excluding carboxylic acids is 2. The molecular weight excluding hydrogens is 787 g/mol. The topological polar surface area (TPSA) is 117 Å². The van der Waals surface area contributed by atoms with Gasteiger partial charge in [-0.1, -0.05) is 51.3 Å². The lowest BCUT2D eigenvalue weighted by molar-refractivity contribution is -0.209. The molecule has 0 bridgehead atoms. The molecule has 8 aliphatic rings. The van der Waals surface area contributed by atoms with Gasteiger partial charge in [0, 0.05) is 43.5 Å². The number of hydrogen-bond donors (Lipinski definition) is 3. The van der Waals surface area contributed by atoms with E-state index in [0.717, 1.165) is 102 Å². The average molecular weight is 864 g/mol.